The number of rotatable bonds is 11. The number of likely N-dealkylation sites (tertiary alicyclic amines) is 1. The van der Waals surface area contributed by atoms with Crippen LogP contribution in [-0.2, 0) is 23.9 Å². The summed E-state index contributed by atoms with van der Waals surface area (Å²) in [4.78, 5) is 52.0. The Balaban J connectivity index is 1.66. The Bertz CT molecular complexity index is 1120. The molecule has 3 atom stereocenters. The molecule has 42 heavy (non-hydrogen) atoms. The molecule has 1 aliphatic heterocycles. The Kier molecular flexibility index (Phi) is 11.9. The molecule has 14 heteroatoms. The number of carbonyl (C=O) groups is 4. The van der Waals surface area contributed by atoms with E-state index in [0.29, 0.717) is 12.8 Å². The molecule has 3 amide bonds. The van der Waals surface area contributed by atoms with Crippen molar-refractivity contribution in [1.82, 2.24) is 15.5 Å². The van der Waals surface area contributed by atoms with Crippen LogP contribution in [0.25, 0.3) is 0 Å². The van der Waals surface area contributed by atoms with Crippen molar-refractivity contribution in [2.75, 3.05) is 26.3 Å². The van der Waals surface area contributed by atoms with Crippen LogP contribution in [0.4, 0.5) is 17.6 Å². The van der Waals surface area contributed by atoms with Crippen molar-refractivity contribution in [2.45, 2.75) is 77.0 Å². The predicted molar refractivity (Wildman–Crippen MR) is 140 cm³/mol. The molecule has 3 N–H and O–H groups in total. The lowest BCUT2D eigenvalue weighted by Crippen LogP contribution is -2.54. The molecule has 2 fully saturated rings. The van der Waals surface area contributed by atoms with Crippen LogP contribution in [-0.4, -0.2) is 78.2 Å². The van der Waals surface area contributed by atoms with E-state index < -0.39 is 83.8 Å². The fourth-order valence-corrected chi connectivity index (χ4v) is 4.88. The van der Waals surface area contributed by atoms with E-state index in [1.54, 1.807) is 13.8 Å². The number of nitrogens with one attached hydrogen (secondary N) is 2. The highest BCUT2D eigenvalue weighted by molar-refractivity contribution is 6.35. The first-order chi connectivity index (χ1) is 19.9. The lowest BCUT2D eigenvalue weighted by Gasteiger charge is -2.33. The second-order valence-electron chi connectivity index (χ2n) is 11.1. The Morgan fingerprint density at radius 3 is 2.26 bits per heavy atom. The average molecular weight is 604 g/mol. The number of ether oxygens (including phenoxy) is 2. The van der Waals surface area contributed by atoms with E-state index in [4.69, 9.17) is 9.47 Å². The highest BCUT2D eigenvalue weighted by atomic mass is 19.2. The zero-order chi connectivity index (χ0) is 31.0. The predicted octanol–water partition coefficient (Wildman–Crippen LogP) is 2.35. The fraction of sp³-hybridized carbons (Fsp3) is 0.643. The van der Waals surface area contributed by atoms with Gasteiger partial charge in [-0.1, -0.05) is 26.7 Å². The lowest BCUT2D eigenvalue weighted by atomic mass is 9.96. The van der Waals surface area contributed by atoms with Crippen LogP contribution in [0.2, 0.25) is 0 Å². The molecular formula is C28H37F4N3O7. The van der Waals surface area contributed by atoms with E-state index in [1.807, 2.05) is 0 Å². The van der Waals surface area contributed by atoms with Gasteiger partial charge < -0.3 is 30.1 Å². The van der Waals surface area contributed by atoms with Gasteiger partial charge in [0.1, 0.15) is 12.7 Å². The first-order valence-electron chi connectivity index (χ1n) is 14.1. The van der Waals surface area contributed by atoms with Crippen LogP contribution in [0.15, 0.2) is 6.07 Å². The Labute approximate surface area is 241 Å². The van der Waals surface area contributed by atoms with Gasteiger partial charge in [-0.2, -0.15) is 8.78 Å². The molecule has 1 heterocycles. The highest BCUT2D eigenvalue weighted by Crippen LogP contribution is 2.27. The standard InChI is InChI=1S/C28H37F4N3O7/c1-15(2)13-41-22(37)11-20(21(36)14-42-25-23(31)18(29)10-19(30)24(25)32)34-26(38)16-6-5-9-35(12-16)28(40)27(39)33-17-7-3-4-8-17/h10,15-17,20-21,36H,3-9,11-14H2,1-2H3,(H,33,39)(H,34,38)/t16-,20+,21?/m1/s1. The summed E-state index contributed by atoms with van der Waals surface area (Å²) in [5.74, 6) is -12.2. The van der Waals surface area contributed by atoms with Crippen molar-refractivity contribution < 1.29 is 51.3 Å². The van der Waals surface area contributed by atoms with Gasteiger partial charge in [-0.3, -0.25) is 19.2 Å². The number of benzene rings is 1. The smallest absolute Gasteiger partial charge is 0.311 e. The second-order valence-corrected chi connectivity index (χ2v) is 11.1. The number of carbonyl (C=O) groups excluding carboxylic acids is 4. The maximum absolute atomic E-state index is 14.0. The van der Waals surface area contributed by atoms with Gasteiger partial charge in [0.15, 0.2) is 17.4 Å². The molecule has 1 aliphatic carbocycles. The molecule has 2 aliphatic rings. The van der Waals surface area contributed by atoms with Crippen molar-refractivity contribution in [3.8, 4) is 5.75 Å². The van der Waals surface area contributed by atoms with Gasteiger partial charge in [0, 0.05) is 25.2 Å². The summed E-state index contributed by atoms with van der Waals surface area (Å²) >= 11 is 0. The molecule has 1 saturated carbocycles. The first-order valence-corrected chi connectivity index (χ1v) is 14.1. The molecule has 1 saturated heterocycles. The number of amides is 3. The first kappa shape index (κ1) is 33.1. The number of halogens is 4. The molecule has 1 aromatic carbocycles. The molecule has 0 bridgehead atoms. The molecule has 0 spiro atoms. The molecule has 234 valence electrons. The third-order valence-corrected chi connectivity index (χ3v) is 7.19. The minimum atomic E-state index is -1.82. The van der Waals surface area contributed by atoms with Crippen LogP contribution < -0.4 is 15.4 Å². The minimum absolute atomic E-state index is 0.00170. The summed E-state index contributed by atoms with van der Waals surface area (Å²) in [6, 6.07) is -1.45. The highest BCUT2D eigenvalue weighted by Gasteiger charge is 2.35. The van der Waals surface area contributed by atoms with E-state index in [1.165, 1.54) is 4.90 Å². The molecule has 1 aromatic rings. The van der Waals surface area contributed by atoms with Gasteiger partial charge in [0.25, 0.3) is 0 Å². The lowest BCUT2D eigenvalue weighted by molar-refractivity contribution is -0.148. The summed E-state index contributed by atoms with van der Waals surface area (Å²) in [5.41, 5.74) is 0. The molecular weight excluding hydrogens is 566 g/mol. The Hall–Kier alpha value is -3.42. The third kappa shape index (κ3) is 9.04. The zero-order valence-corrected chi connectivity index (χ0v) is 23.6. The summed E-state index contributed by atoms with van der Waals surface area (Å²) in [5, 5.41) is 15.9. The van der Waals surface area contributed by atoms with E-state index in [0.717, 1.165) is 25.7 Å². The minimum Gasteiger partial charge on any atom is -0.485 e. The normalized spacial score (nSPS) is 18.9. The van der Waals surface area contributed by atoms with Gasteiger partial charge >= 0.3 is 17.8 Å². The Morgan fingerprint density at radius 2 is 1.64 bits per heavy atom. The van der Waals surface area contributed by atoms with Gasteiger partial charge in [0.2, 0.25) is 17.5 Å². The van der Waals surface area contributed by atoms with E-state index in [2.05, 4.69) is 10.6 Å². The van der Waals surface area contributed by atoms with Crippen LogP contribution >= 0.6 is 0 Å². The van der Waals surface area contributed by atoms with Gasteiger partial charge in [-0.25, -0.2) is 8.78 Å². The third-order valence-electron chi connectivity index (χ3n) is 7.19. The number of aliphatic hydroxyl groups is 1. The van der Waals surface area contributed by atoms with Crippen molar-refractivity contribution in [1.29, 1.82) is 0 Å². The van der Waals surface area contributed by atoms with Gasteiger partial charge in [0.05, 0.1) is 25.0 Å². The zero-order valence-electron chi connectivity index (χ0n) is 23.6. The number of hydrogen-bond donors (Lipinski definition) is 3. The summed E-state index contributed by atoms with van der Waals surface area (Å²) in [6.45, 7) is 2.87. The van der Waals surface area contributed by atoms with E-state index >= 15 is 0 Å². The Morgan fingerprint density at radius 1 is 1.00 bits per heavy atom. The number of piperidine rings is 1. The summed E-state index contributed by atoms with van der Waals surface area (Å²) in [7, 11) is 0. The van der Waals surface area contributed by atoms with Crippen LogP contribution in [0, 0.1) is 35.1 Å². The topological polar surface area (TPSA) is 134 Å². The molecule has 1 unspecified atom stereocenters. The number of esters is 1. The number of nitrogens with zero attached hydrogens (tertiary/aromatic N) is 1. The molecule has 3 rings (SSSR count). The maximum Gasteiger partial charge on any atom is 0.311 e. The summed E-state index contributed by atoms with van der Waals surface area (Å²) < 4.78 is 65.1. The quantitative estimate of drug-likeness (QED) is 0.153. The molecule has 0 aromatic heterocycles. The van der Waals surface area contributed by atoms with E-state index in [-0.39, 0.29) is 37.7 Å². The maximum atomic E-state index is 14.0. The number of aliphatic hydroxyl groups excluding tert-OH is 1. The largest absolute Gasteiger partial charge is 0.485 e. The van der Waals surface area contributed by atoms with Crippen LogP contribution in [0.5, 0.6) is 5.75 Å². The van der Waals surface area contributed by atoms with Crippen molar-refractivity contribution >= 4 is 23.7 Å². The SMILES string of the molecule is CC(C)COC(=O)C[C@H](NC(=O)[C@@H]1CCCN(C(=O)C(=O)NC2CCCC2)C1)C(O)COc1c(F)c(F)cc(F)c1F. The van der Waals surface area contributed by atoms with Crippen LogP contribution in [0.3, 0.4) is 0 Å². The van der Waals surface area contributed by atoms with Crippen molar-refractivity contribution in [3.05, 3.63) is 29.3 Å². The van der Waals surface area contributed by atoms with Crippen LogP contribution in [0.1, 0.15) is 58.8 Å². The van der Waals surface area contributed by atoms with E-state index in [9.17, 15) is 41.8 Å². The fourth-order valence-electron chi connectivity index (χ4n) is 4.88. The van der Waals surface area contributed by atoms with Gasteiger partial charge in [-0.15, -0.1) is 0 Å². The average Bonchev–Trinajstić information content (AvgIpc) is 3.47. The van der Waals surface area contributed by atoms with Gasteiger partial charge in [-0.05, 0) is 31.6 Å². The van der Waals surface area contributed by atoms with Crippen molar-refractivity contribution in [3.63, 3.8) is 0 Å². The summed E-state index contributed by atoms with van der Waals surface area (Å²) in [6.07, 6.45) is 1.95. The van der Waals surface area contributed by atoms with Crippen molar-refractivity contribution in [2.24, 2.45) is 11.8 Å². The second kappa shape index (κ2) is 15.2. The molecule has 0 radical (unpaired) electrons. The monoisotopic (exact) mass is 603 g/mol. The number of hydrogen-bond acceptors (Lipinski definition) is 7. The molecule has 10 nitrogen and oxygen atoms in total.